The molecule has 0 radical (unpaired) electrons. The zero-order valence-electron chi connectivity index (χ0n) is 14.4. The lowest BCUT2D eigenvalue weighted by molar-refractivity contribution is -0.128. The van der Waals surface area contributed by atoms with Crippen LogP contribution in [0, 0.1) is 0 Å². The molecule has 0 unspecified atom stereocenters. The molecule has 5 nitrogen and oxygen atoms in total. The molecule has 2 heterocycles. The molecule has 2 aromatic heterocycles. The van der Waals surface area contributed by atoms with Crippen LogP contribution < -0.4 is 0 Å². The average Bonchev–Trinajstić information content (AvgIpc) is 3.06. The molecule has 4 aromatic rings. The van der Waals surface area contributed by atoms with E-state index in [1.165, 1.54) is 18.1 Å². The molecule has 0 saturated heterocycles. The molecule has 0 aliphatic heterocycles. The maximum absolute atomic E-state index is 12.8. The summed E-state index contributed by atoms with van der Waals surface area (Å²) in [5, 5.41) is 1.20. The van der Waals surface area contributed by atoms with E-state index in [2.05, 4.69) is 9.97 Å². The molecule has 2 aromatic carbocycles. The Kier molecular flexibility index (Phi) is 4.34. The van der Waals surface area contributed by atoms with Crippen molar-refractivity contribution >= 4 is 39.7 Å². The van der Waals surface area contributed by atoms with Gasteiger partial charge in [0.2, 0.25) is 5.91 Å². The van der Waals surface area contributed by atoms with Crippen molar-refractivity contribution in [2.45, 2.75) is 10.3 Å². The molecule has 0 spiro atoms. The number of benzene rings is 2. The summed E-state index contributed by atoms with van der Waals surface area (Å²) in [6.45, 7) is 0. The number of hydrogen-bond donors (Lipinski definition) is 0. The maximum Gasteiger partial charge on any atom is 0.240 e. The van der Waals surface area contributed by atoms with Crippen molar-refractivity contribution < 1.29 is 9.21 Å². The summed E-state index contributed by atoms with van der Waals surface area (Å²) in [6, 6.07) is 17.5. The Morgan fingerprint density at radius 1 is 1.04 bits per heavy atom. The smallest absolute Gasteiger partial charge is 0.240 e. The number of carbonyl (C=O) groups excluding carboxylic acids is 1. The molecule has 0 fully saturated rings. The van der Waals surface area contributed by atoms with E-state index in [-0.39, 0.29) is 5.91 Å². The number of fused-ring (bicyclic) bond motifs is 3. The first kappa shape index (κ1) is 16.6. The second-order valence-corrected chi connectivity index (χ2v) is 7.19. The van der Waals surface area contributed by atoms with Crippen molar-refractivity contribution in [1.82, 2.24) is 14.9 Å². The summed E-state index contributed by atoms with van der Waals surface area (Å²) in [5.41, 5.74) is 3.08. The largest absolute Gasteiger partial charge is 0.451 e. The van der Waals surface area contributed by atoms with Crippen LogP contribution in [-0.4, -0.2) is 34.9 Å². The molecular weight excluding hydrogens is 346 g/mol. The Hall–Kier alpha value is -2.86. The number of amides is 1. The minimum Gasteiger partial charge on any atom is -0.451 e. The molecule has 130 valence electrons. The molecule has 26 heavy (non-hydrogen) atoms. The number of rotatable bonds is 4. The first-order valence-electron chi connectivity index (χ1n) is 8.20. The van der Waals surface area contributed by atoms with Gasteiger partial charge in [-0.3, -0.25) is 4.79 Å². The molecular formula is C20H17N3O2S. The number of nitrogens with zero attached hydrogens (tertiary/aromatic N) is 3. The van der Waals surface area contributed by atoms with Gasteiger partial charge < -0.3 is 9.32 Å². The Balaban J connectivity index is 1.82. The Morgan fingerprint density at radius 2 is 1.77 bits per heavy atom. The first-order valence-corrected chi connectivity index (χ1v) is 9.08. The minimum atomic E-state index is -0.405. The van der Waals surface area contributed by atoms with Gasteiger partial charge in [-0.1, -0.05) is 54.2 Å². The van der Waals surface area contributed by atoms with Gasteiger partial charge >= 0.3 is 0 Å². The first-order chi connectivity index (χ1) is 12.6. The van der Waals surface area contributed by atoms with Crippen LogP contribution in [0.5, 0.6) is 0 Å². The molecule has 0 bridgehead atoms. The van der Waals surface area contributed by atoms with Crippen LogP contribution >= 0.6 is 11.8 Å². The van der Waals surface area contributed by atoms with Crippen molar-refractivity contribution in [3.8, 4) is 0 Å². The normalized spacial score (nSPS) is 12.4. The van der Waals surface area contributed by atoms with Crippen molar-refractivity contribution in [1.29, 1.82) is 0 Å². The van der Waals surface area contributed by atoms with E-state index in [0.29, 0.717) is 10.6 Å². The zero-order valence-corrected chi connectivity index (χ0v) is 15.2. The molecule has 0 aliphatic carbocycles. The van der Waals surface area contributed by atoms with Crippen LogP contribution in [0.3, 0.4) is 0 Å². The predicted octanol–water partition coefficient (Wildman–Crippen LogP) is 4.30. The van der Waals surface area contributed by atoms with Crippen LogP contribution in [0.15, 0.2) is 70.4 Å². The summed E-state index contributed by atoms with van der Waals surface area (Å²) >= 11 is 1.39. The van der Waals surface area contributed by atoms with Gasteiger partial charge in [-0.05, 0) is 17.7 Å². The molecule has 4 rings (SSSR count). The lowest BCUT2D eigenvalue weighted by atomic mass is 10.1. The zero-order chi connectivity index (χ0) is 18.1. The van der Waals surface area contributed by atoms with Crippen LogP contribution in [0.1, 0.15) is 10.8 Å². The SMILES string of the molecule is CN(C)C(=O)[C@@H](Sc1ncnc2c1oc1ccccc12)c1ccccc1. The summed E-state index contributed by atoms with van der Waals surface area (Å²) in [5.74, 6) is 0.00377. The number of para-hydroxylation sites is 1. The van der Waals surface area contributed by atoms with E-state index >= 15 is 0 Å². The van der Waals surface area contributed by atoms with E-state index in [1.807, 2.05) is 54.6 Å². The van der Waals surface area contributed by atoms with Gasteiger partial charge in [0.05, 0.1) is 0 Å². The third-order valence-corrected chi connectivity index (χ3v) is 5.35. The Bertz CT molecular complexity index is 1080. The second-order valence-electron chi connectivity index (χ2n) is 6.10. The van der Waals surface area contributed by atoms with Crippen molar-refractivity contribution in [3.05, 3.63) is 66.5 Å². The van der Waals surface area contributed by atoms with E-state index in [1.54, 1.807) is 19.0 Å². The maximum atomic E-state index is 12.8. The number of thioether (sulfide) groups is 1. The quantitative estimate of drug-likeness (QED) is 0.400. The van der Waals surface area contributed by atoms with Gasteiger partial charge in [-0.2, -0.15) is 0 Å². The van der Waals surface area contributed by atoms with Crippen molar-refractivity contribution in [2.24, 2.45) is 0 Å². The lowest BCUT2D eigenvalue weighted by Crippen LogP contribution is -2.26. The van der Waals surface area contributed by atoms with Crippen LogP contribution in [0.2, 0.25) is 0 Å². The summed E-state index contributed by atoms with van der Waals surface area (Å²) in [4.78, 5) is 23.2. The van der Waals surface area contributed by atoms with Crippen LogP contribution in [-0.2, 0) is 4.79 Å². The van der Waals surface area contributed by atoms with Crippen molar-refractivity contribution in [3.63, 3.8) is 0 Å². The fraction of sp³-hybridized carbons (Fsp3) is 0.150. The molecule has 6 heteroatoms. The molecule has 0 saturated carbocycles. The summed E-state index contributed by atoms with van der Waals surface area (Å²) in [7, 11) is 3.52. The van der Waals surface area contributed by atoms with Gasteiger partial charge in [-0.25, -0.2) is 9.97 Å². The highest BCUT2D eigenvalue weighted by Crippen LogP contribution is 2.40. The van der Waals surface area contributed by atoms with Crippen LogP contribution in [0.4, 0.5) is 0 Å². The molecule has 1 amide bonds. The van der Waals surface area contributed by atoms with Gasteiger partial charge in [0.15, 0.2) is 5.58 Å². The van der Waals surface area contributed by atoms with Crippen LogP contribution in [0.25, 0.3) is 22.1 Å². The summed E-state index contributed by atoms with van der Waals surface area (Å²) in [6.07, 6.45) is 1.52. The van der Waals surface area contributed by atoms with Crippen molar-refractivity contribution in [2.75, 3.05) is 14.1 Å². The predicted molar refractivity (Wildman–Crippen MR) is 103 cm³/mol. The van der Waals surface area contributed by atoms with E-state index in [4.69, 9.17) is 4.42 Å². The lowest BCUT2D eigenvalue weighted by Gasteiger charge is -2.20. The molecule has 0 N–H and O–H groups in total. The second kappa shape index (κ2) is 6.80. The highest BCUT2D eigenvalue weighted by Gasteiger charge is 2.26. The fourth-order valence-corrected chi connectivity index (χ4v) is 4.00. The molecule has 0 aliphatic rings. The van der Waals surface area contributed by atoms with E-state index in [9.17, 15) is 4.79 Å². The molecule has 1 atom stereocenters. The number of carbonyl (C=O) groups is 1. The third kappa shape index (κ3) is 2.93. The number of aromatic nitrogens is 2. The van der Waals surface area contributed by atoms with Gasteiger partial charge in [0.1, 0.15) is 27.7 Å². The highest BCUT2D eigenvalue weighted by atomic mass is 32.2. The number of likely N-dealkylation sites (N-methyl/N-ethyl adjacent to an activating group) is 1. The van der Waals surface area contributed by atoms with Gasteiger partial charge in [0, 0.05) is 19.5 Å². The van der Waals surface area contributed by atoms with E-state index in [0.717, 1.165) is 22.0 Å². The Morgan fingerprint density at radius 3 is 2.54 bits per heavy atom. The number of furan rings is 1. The fourth-order valence-electron chi connectivity index (χ4n) is 2.82. The van der Waals surface area contributed by atoms with Gasteiger partial charge in [0.25, 0.3) is 0 Å². The summed E-state index contributed by atoms with van der Waals surface area (Å²) < 4.78 is 5.99. The average molecular weight is 363 g/mol. The number of hydrogen-bond acceptors (Lipinski definition) is 5. The third-order valence-electron chi connectivity index (χ3n) is 4.12. The van der Waals surface area contributed by atoms with E-state index < -0.39 is 5.25 Å². The van der Waals surface area contributed by atoms with Gasteiger partial charge in [-0.15, -0.1) is 0 Å². The topological polar surface area (TPSA) is 59.2 Å². The highest BCUT2D eigenvalue weighted by molar-refractivity contribution is 8.00. The minimum absolute atomic E-state index is 0.00377. The monoisotopic (exact) mass is 363 g/mol. The standard InChI is InChI=1S/C20H17N3O2S/c1-23(2)20(24)18(13-8-4-3-5-9-13)26-19-17-16(21-12-22-19)14-10-6-7-11-15(14)25-17/h3-12,18H,1-2H3/t18-/m0/s1. The Labute approximate surface area is 155 Å².